The fourth-order valence-corrected chi connectivity index (χ4v) is 1.21. The molecule has 1 aromatic carbocycles. The van der Waals surface area contributed by atoms with Crippen molar-refractivity contribution in [1.82, 2.24) is 0 Å². The predicted molar refractivity (Wildman–Crippen MR) is 66.5 cm³/mol. The highest BCUT2D eigenvalue weighted by Gasteiger charge is 2.27. The van der Waals surface area contributed by atoms with Crippen molar-refractivity contribution in [3.8, 4) is 0 Å². The maximum Gasteiger partial charge on any atom is 0.139 e. The van der Waals surface area contributed by atoms with Crippen LogP contribution < -0.4 is 11.5 Å². The van der Waals surface area contributed by atoms with Gasteiger partial charge < -0.3 is 11.5 Å². The van der Waals surface area contributed by atoms with Gasteiger partial charge in [-0.2, -0.15) is 0 Å². The fourth-order valence-electron chi connectivity index (χ4n) is 1.21. The largest absolute Gasteiger partial charge is 0.327 e. The molecule has 6 heteroatoms. The summed E-state index contributed by atoms with van der Waals surface area (Å²) in [6.45, 7) is -0.393. The maximum atomic E-state index is 13.7. The Kier molecular flexibility index (Phi) is 8.74. The zero-order valence-electron chi connectivity index (χ0n) is 8.66. The number of hydrogen-bond acceptors (Lipinski definition) is 2. The van der Waals surface area contributed by atoms with Crippen molar-refractivity contribution in [1.29, 1.82) is 0 Å². The van der Waals surface area contributed by atoms with Crippen LogP contribution in [0.1, 0.15) is 5.56 Å². The summed E-state index contributed by atoms with van der Waals surface area (Å²) >= 11 is 0. The van der Waals surface area contributed by atoms with E-state index < -0.39 is 11.5 Å². The van der Waals surface area contributed by atoms with Crippen molar-refractivity contribution in [2.45, 2.75) is 12.1 Å². The minimum atomic E-state index is -1.71. The summed E-state index contributed by atoms with van der Waals surface area (Å²) in [6, 6.07) is 6.05. The van der Waals surface area contributed by atoms with Crippen LogP contribution in [0.3, 0.4) is 0 Å². The number of benzene rings is 1. The maximum absolute atomic E-state index is 13.7. The third-order valence-electron chi connectivity index (χ3n) is 2.20. The van der Waals surface area contributed by atoms with E-state index in [2.05, 4.69) is 0 Å². The number of hydrogen-bond donors (Lipinski definition) is 2. The molecule has 0 heterocycles. The van der Waals surface area contributed by atoms with Gasteiger partial charge in [0.1, 0.15) is 11.5 Å². The zero-order valence-corrected chi connectivity index (χ0v) is 10.3. The second-order valence-electron chi connectivity index (χ2n) is 3.33. The third-order valence-corrected chi connectivity index (χ3v) is 2.20. The SMILES string of the molecule is Cl.Cl.NCC(F)(CN)Cc1ccccc1F. The van der Waals surface area contributed by atoms with Crippen molar-refractivity contribution in [3.05, 3.63) is 35.6 Å². The molecule has 0 aliphatic heterocycles. The van der Waals surface area contributed by atoms with Crippen LogP contribution in [-0.4, -0.2) is 18.8 Å². The van der Waals surface area contributed by atoms with Gasteiger partial charge in [-0.15, -0.1) is 24.8 Å². The molecular formula is C10H16Cl2F2N2. The van der Waals surface area contributed by atoms with Crippen molar-refractivity contribution < 1.29 is 8.78 Å². The Morgan fingerprint density at radius 1 is 1.06 bits per heavy atom. The van der Waals surface area contributed by atoms with E-state index in [1.54, 1.807) is 12.1 Å². The summed E-state index contributed by atoms with van der Waals surface area (Å²) < 4.78 is 26.8. The summed E-state index contributed by atoms with van der Waals surface area (Å²) in [4.78, 5) is 0. The van der Waals surface area contributed by atoms with Crippen LogP contribution in [-0.2, 0) is 6.42 Å². The van der Waals surface area contributed by atoms with Gasteiger partial charge in [-0.3, -0.25) is 0 Å². The molecule has 1 aromatic rings. The molecule has 0 bridgehead atoms. The Morgan fingerprint density at radius 3 is 2.00 bits per heavy atom. The molecule has 94 valence electrons. The molecule has 0 radical (unpaired) electrons. The summed E-state index contributed by atoms with van der Waals surface area (Å²) in [6.07, 6.45) is -0.0767. The second kappa shape index (κ2) is 7.79. The zero-order chi connectivity index (χ0) is 10.6. The number of alkyl halides is 1. The van der Waals surface area contributed by atoms with Crippen molar-refractivity contribution >= 4 is 24.8 Å². The molecule has 0 amide bonds. The molecule has 2 nitrogen and oxygen atoms in total. The average molecular weight is 273 g/mol. The minimum absolute atomic E-state index is 0. The molecule has 0 fully saturated rings. The van der Waals surface area contributed by atoms with E-state index >= 15 is 0 Å². The molecule has 0 aliphatic rings. The lowest BCUT2D eigenvalue weighted by Crippen LogP contribution is -2.42. The fraction of sp³-hybridized carbons (Fsp3) is 0.400. The quantitative estimate of drug-likeness (QED) is 0.879. The first-order valence-corrected chi connectivity index (χ1v) is 4.44. The van der Waals surface area contributed by atoms with Crippen LogP contribution in [0.2, 0.25) is 0 Å². The Morgan fingerprint density at radius 2 is 1.56 bits per heavy atom. The Bertz CT molecular complexity index is 307. The molecule has 16 heavy (non-hydrogen) atoms. The highest BCUT2D eigenvalue weighted by molar-refractivity contribution is 5.85. The number of halogens is 4. The minimum Gasteiger partial charge on any atom is -0.327 e. The van der Waals surface area contributed by atoms with E-state index in [-0.39, 0.29) is 44.3 Å². The lowest BCUT2D eigenvalue weighted by Gasteiger charge is -2.21. The van der Waals surface area contributed by atoms with Gasteiger partial charge in [0.25, 0.3) is 0 Å². The summed E-state index contributed by atoms with van der Waals surface area (Å²) in [7, 11) is 0. The van der Waals surface area contributed by atoms with Crippen LogP contribution in [0.25, 0.3) is 0 Å². The van der Waals surface area contributed by atoms with Gasteiger partial charge in [0.15, 0.2) is 0 Å². The van der Waals surface area contributed by atoms with Gasteiger partial charge in [-0.25, -0.2) is 8.78 Å². The smallest absolute Gasteiger partial charge is 0.139 e. The first kappa shape index (κ1) is 18.0. The predicted octanol–water partition coefficient (Wildman–Crippen LogP) is 1.84. The first-order chi connectivity index (χ1) is 6.61. The lowest BCUT2D eigenvalue weighted by molar-refractivity contribution is 0.182. The monoisotopic (exact) mass is 272 g/mol. The third kappa shape index (κ3) is 4.61. The molecule has 1 rings (SSSR count). The Hall–Kier alpha value is -0.420. The van der Waals surface area contributed by atoms with E-state index in [0.29, 0.717) is 5.56 Å². The molecule has 4 N–H and O–H groups in total. The van der Waals surface area contributed by atoms with E-state index in [1.165, 1.54) is 12.1 Å². The summed E-state index contributed by atoms with van der Waals surface area (Å²) in [5.41, 5.74) is 9.08. The number of rotatable bonds is 4. The van der Waals surface area contributed by atoms with Gasteiger partial charge >= 0.3 is 0 Å². The van der Waals surface area contributed by atoms with E-state index in [4.69, 9.17) is 11.5 Å². The van der Waals surface area contributed by atoms with Crippen LogP contribution in [0.5, 0.6) is 0 Å². The van der Waals surface area contributed by atoms with Crippen molar-refractivity contribution in [2.75, 3.05) is 13.1 Å². The second-order valence-corrected chi connectivity index (χ2v) is 3.33. The van der Waals surface area contributed by atoms with E-state index in [9.17, 15) is 8.78 Å². The van der Waals surface area contributed by atoms with Crippen molar-refractivity contribution in [2.24, 2.45) is 11.5 Å². The molecule has 0 unspecified atom stereocenters. The first-order valence-electron chi connectivity index (χ1n) is 4.44. The summed E-state index contributed by atoms with van der Waals surface area (Å²) in [5, 5.41) is 0. The van der Waals surface area contributed by atoms with Crippen molar-refractivity contribution in [3.63, 3.8) is 0 Å². The van der Waals surface area contributed by atoms with Crippen LogP contribution in [0.15, 0.2) is 24.3 Å². The molecular weight excluding hydrogens is 257 g/mol. The van der Waals surface area contributed by atoms with Crippen LogP contribution >= 0.6 is 24.8 Å². The molecule has 0 saturated carbocycles. The molecule has 0 spiro atoms. The van der Waals surface area contributed by atoms with Gasteiger partial charge in [0.05, 0.1) is 0 Å². The van der Waals surface area contributed by atoms with Gasteiger partial charge in [0.2, 0.25) is 0 Å². The summed E-state index contributed by atoms with van der Waals surface area (Å²) in [5.74, 6) is -0.420. The highest BCUT2D eigenvalue weighted by atomic mass is 35.5. The molecule has 0 aromatic heterocycles. The normalized spacial score (nSPS) is 10.2. The van der Waals surface area contributed by atoms with Gasteiger partial charge in [-0.05, 0) is 11.6 Å². The Labute approximate surface area is 106 Å². The lowest BCUT2D eigenvalue weighted by atomic mass is 9.96. The Balaban J connectivity index is 0. The topological polar surface area (TPSA) is 52.0 Å². The highest BCUT2D eigenvalue weighted by Crippen LogP contribution is 2.18. The van der Waals surface area contributed by atoms with Gasteiger partial charge in [-0.1, -0.05) is 18.2 Å². The van der Waals surface area contributed by atoms with E-state index in [0.717, 1.165) is 0 Å². The van der Waals surface area contributed by atoms with Crippen LogP contribution in [0.4, 0.5) is 8.78 Å². The molecule has 0 atom stereocenters. The molecule has 0 aliphatic carbocycles. The number of nitrogens with two attached hydrogens (primary N) is 2. The molecule has 0 saturated heterocycles. The van der Waals surface area contributed by atoms with Gasteiger partial charge in [0, 0.05) is 19.5 Å². The average Bonchev–Trinajstić information content (AvgIpc) is 2.21. The standard InChI is InChI=1S/C10H14F2N2.2ClH/c11-9-4-2-1-3-8(9)5-10(12,6-13)7-14;;/h1-4H,5-7,13-14H2;2*1H. The van der Waals surface area contributed by atoms with Crippen LogP contribution in [0, 0.1) is 5.82 Å². The van der Waals surface area contributed by atoms with E-state index in [1.807, 2.05) is 0 Å².